The summed E-state index contributed by atoms with van der Waals surface area (Å²) in [5.74, 6) is 2.71. The highest BCUT2D eigenvalue weighted by molar-refractivity contribution is 7.99. The molecule has 0 spiro atoms. The molecular weight excluding hydrogens is 525 g/mol. The molecule has 1 atom stereocenters. The van der Waals surface area contributed by atoms with Gasteiger partial charge in [0.1, 0.15) is 23.9 Å². The molecule has 0 radical (unpaired) electrons. The SMILES string of the molecule is CCO[C@@H](Cc1ccc(OCCN(C)c2nc(Oc3ccc(F)cc3)nc(N3CCSCC3)n2)cc1)C(=O)O. The van der Waals surface area contributed by atoms with Gasteiger partial charge in [0.2, 0.25) is 11.9 Å². The van der Waals surface area contributed by atoms with Crippen LogP contribution in [0.5, 0.6) is 17.5 Å². The number of aromatic nitrogens is 3. The number of hydrogen-bond acceptors (Lipinski definition) is 10. The molecule has 0 amide bonds. The van der Waals surface area contributed by atoms with Crippen molar-refractivity contribution in [2.75, 3.05) is 61.2 Å². The van der Waals surface area contributed by atoms with Gasteiger partial charge in [-0.1, -0.05) is 12.1 Å². The lowest BCUT2D eigenvalue weighted by Gasteiger charge is -2.27. The molecule has 1 aliphatic heterocycles. The Bertz CT molecular complexity index is 1210. The molecule has 4 rings (SSSR count). The van der Waals surface area contributed by atoms with Crippen molar-refractivity contribution in [3.05, 3.63) is 59.9 Å². The molecule has 39 heavy (non-hydrogen) atoms. The van der Waals surface area contributed by atoms with Crippen LogP contribution in [-0.4, -0.2) is 83.5 Å². The number of halogens is 1. The van der Waals surface area contributed by atoms with E-state index in [9.17, 15) is 14.3 Å². The number of carboxylic acids is 1. The third kappa shape index (κ3) is 8.42. The van der Waals surface area contributed by atoms with Gasteiger partial charge in [-0.05, 0) is 48.9 Å². The van der Waals surface area contributed by atoms with Crippen LogP contribution in [0, 0.1) is 5.82 Å². The number of hydrogen-bond donors (Lipinski definition) is 1. The van der Waals surface area contributed by atoms with Crippen molar-refractivity contribution >= 4 is 29.6 Å². The van der Waals surface area contributed by atoms with E-state index in [0.717, 1.165) is 30.2 Å². The largest absolute Gasteiger partial charge is 0.492 e. The van der Waals surface area contributed by atoms with Crippen molar-refractivity contribution in [3.8, 4) is 17.5 Å². The highest BCUT2D eigenvalue weighted by Crippen LogP contribution is 2.24. The third-order valence-corrected chi connectivity index (χ3v) is 6.88. The third-order valence-electron chi connectivity index (χ3n) is 5.93. The number of thioether (sulfide) groups is 1. The van der Waals surface area contributed by atoms with Gasteiger partial charge in [-0.25, -0.2) is 9.18 Å². The molecule has 0 unspecified atom stereocenters. The number of carboxylic acid groups (broad SMARTS) is 1. The number of carbonyl (C=O) groups is 1. The van der Waals surface area contributed by atoms with Crippen molar-refractivity contribution < 1.29 is 28.5 Å². The molecule has 0 saturated carbocycles. The minimum atomic E-state index is -0.980. The Labute approximate surface area is 231 Å². The average molecular weight is 558 g/mol. The summed E-state index contributed by atoms with van der Waals surface area (Å²) in [6.07, 6.45) is -0.590. The smallest absolute Gasteiger partial charge is 0.333 e. The monoisotopic (exact) mass is 557 g/mol. The summed E-state index contributed by atoms with van der Waals surface area (Å²) in [6.45, 7) is 4.61. The van der Waals surface area contributed by atoms with Crippen LogP contribution in [-0.2, 0) is 16.0 Å². The van der Waals surface area contributed by atoms with E-state index >= 15 is 0 Å². The average Bonchev–Trinajstić information content (AvgIpc) is 2.95. The van der Waals surface area contributed by atoms with Crippen LogP contribution in [0.15, 0.2) is 48.5 Å². The molecule has 1 aliphatic rings. The fourth-order valence-corrected chi connectivity index (χ4v) is 4.72. The minimum Gasteiger partial charge on any atom is -0.492 e. The topological polar surface area (TPSA) is 110 Å². The van der Waals surface area contributed by atoms with Gasteiger partial charge in [0, 0.05) is 44.7 Å². The van der Waals surface area contributed by atoms with Crippen LogP contribution in [0.3, 0.4) is 0 Å². The number of anilines is 2. The first-order valence-electron chi connectivity index (χ1n) is 12.7. The Kier molecular flexibility index (Phi) is 10.1. The lowest BCUT2D eigenvalue weighted by Crippen LogP contribution is -2.35. The first-order valence-corrected chi connectivity index (χ1v) is 13.9. The summed E-state index contributed by atoms with van der Waals surface area (Å²) in [5, 5.41) is 9.28. The van der Waals surface area contributed by atoms with Crippen LogP contribution in [0.2, 0.25) is 0 Å². The molecule has 12 heteroatoms. The number of nitrogens with zero attached hydrogens (tertiary/aromatic N) is 5. The molecule has 10 nitrogen and oxygen atoms in total. The Hall–Kier alpha value is -3.64. The molecule has 208 valence electrons. The molecule has 2 heterocycles. The van der Waals surface area contributed by atoms with Gasteiger partial charge >= 0.3 is 12.0 Å². The van der Waals surface area contributed by atoms with E-state index in [1.54, 1.807) is 6.92 Å². The van der Waals surface area contributed by atoms with Crippen molar-refractivity contribution in [1.82, 2.24) is 15.0 Å². The quantitative estimate of drug-likeness (QED) is 0.330. The normalized spacial score (nSPS) is 14.1. The fraction of sp³-hybridized carbons (Fsp3) is 0.407. The molecular formula is C27H32FN5O5S. The second-order valence-electron chi connectivity index (χ2n) is 8.77. The number of aliphatic carboxylic acids is 1. The number of rotatable bonds is 13. The maximum atomic E-state index is 13.3. The fourth-order valence-electron chi connectivity index (χ4n) is 3.82. The zero-order valence-corrected chi connectivity index (χ0v) is 22.8. The maximum Gasteiger partial charge on any atom is 0.333 e. The van der Waals surface area contributed by atoms with Gasteiger partial charge in [0.05, 0.1) is 6.54 Å². The maximum absolute atomic E-state index is 13.3. The summed E-state index contributed by atoms with van der Waals surface area (Å²) >= 11 is 1.89. The van der Waals surface area contributed by atoms with E-state index in [1.807, 2.05) is 48.0 Å². The summed E-state index contributed by atoms with van der Waals surface area (Å²) in [5.41, 5.74) is 0.850. The summed E-state index contributed by atoms with van der Waals surface area (Å²) in [6, 6.07) is 13.1. The van der Waals surface area contributed by atoms with Crippen LogP contribution >= 0.6 is 11.8 Å². The Balaban J connectivity index is 1.39. The van der Waals surface area contributed by atoms with Gasteiger partial charge in [-0.3, -0.25) is 0 Å². The zero-order chi connectivity index (χ0) is 27.6. The van der Waals surface area contributed by atoms with Gasteiger partial charge < -0.3 is 29.1 Å². The lowest BCUT2D eigenvalue weighted by atomic mass is 10.1. The second-order valence-corrected chi connectivity index (χ2v) is 10.00. The van der Waals surface area contributed by atoms with Crippen LogP contribution < -0.4 is 19.3 Å². The van der Waals surface area contributed by atoms with Gasteiger partial charge in [-0.2, -0.15) is 26.7 Å². The van der Waals surface area contributed by atoms with E-state index in [1.165, 1.54) is 24.3 Å². The van der Waals surface area contributed by atoms with Crippen molar-refractivity contribution in [1.29, 1.82) is 0 Å². The Morgan fingerprint density at radius 3 is 2.44 bits per heavy atom. The Morgan fingerprint density at radius 2 is 1.77 bits per heavy atom. The van der Waals surface area contributed by atoms with E-state index in [0.29, 0.717) is 43.2 Å². The van der Waals surface area contributed by atoms with Crippen molar-refractivity contribution in [2.24, 2.45) is 0 Å². The van der Waals surface area contributed by atoms with Crippen LogP contribution in [0.1, 0.15) is 12.5 Å². The van der Waals surface area contributed by atoms with Gasteiger partial charge in [0.25, 0.3) is 0 Å². The van der Waals surface area contributed by atoms with Gasteiger partial charge in [0.15, 0.2) is 6.10 Å². The lowest BCUT2D eigenvalue weighted by molar-refractivity contribution is -0.149. The molecule has 1 aromatic heterocycles. The van der Waals surface area contributed by atoms with Crippen molar-refractivity contribution in [2.45, 2.75) is 19.4 Å². The molecule has 3 aromatic rings. The molecule has 2 aromatic carbocycles. The highest BCUT2D eigenvalue weighted by atomic mass is 32.2. The van der Waals surface area contributed by atoms with E-state index in [4.69, 9.17) is 14.2 Å². The molecule has 1 fully saturated rings. The Morgan fingerprint density at radius 1 is 1.08 bits per heavy atom. The molecule has 1 saturated heterocycles. The first-order chi connectivity index (χ1) is 18.9. The predicted octanol–water partition coefficient (Wildman–Crippen LogP) is 3.90. The summed E-state index contributed by atoms with van der Waals surface area (Å²) in [7, 11) is 1.86. The zero-order valence-electron chi connectivity index (χ0n) is 22.0. The van der Waals surface area contributed by atoms with Crippen LogP contribution in [0.4, 0.5) is 16.3 Å². The van der Waals surface area contributed by atoms with Gasteiger partial charge in [-0.15, -0.1) is 0 Å². The minimum absolute atomic E-state index is 0.134. The van der Waals surface area contributed by atoms with E-state index < -0.39 is 12.1 Å². The second kappa shape index (κ2) is 13.9. The summed E-state index contributed by atoms with van der Waals surface area (Å²) in [4.78, 5) is 28.9. The number of ether oxygens (including phenoxy) is 3. The number of likely N-dealkylation sites (N-methyl/N-ethyl adjacent to an activating group) is 1. The van der Waals surface area contributed by atoms with Crippen molar-refractivity contribution in [3.63, 3.8) is 0 Å². The van der Waals surface area contributed by atoms with Crippen LogP contribution in [0.25, 0.3) is 0 Å². The predicted molar refractivity (Wildman–Crippen MR) is 148 cm³/mol. The molecule has 0 bridgehead atoms. The first kappa shape index (κ1) is 28.4. The van der Waals surface area contributed by atoms with E-state index in [-0.39, 0.29) is 18.2 Å². The molecule has 0 aliphatic carbocycles. The standard InChI is InChI=1S/C27H32FN5O5S/c1-3-36-23(24(34)35)18-19-4-8-21(9-5-19)37-15-12-32(2)25-29-26(33-13-16-39-17-14-33)31-27(30-25)38-22-10-6-20(28)7-11-22/h4-11,23H,3,12-18H2,1-2H3,(H,34,35)/t23-/m0/s1. The number of benzene rings is 2. The molecule has 1 N–H and O–H groups in total. The van der Waals surface area contributed by atoms with E-state index in [2.05, 4.69) is 19.9 Å². The highest BCUT2D eigenvalue weighted by Gasteiger charge is 2.20. The summed E-state index contributed by atoms with van der Waals surface area (Å²) < 4.78 is 30.3.